The first-order valence-electron chi connectivity index (χ1n) is 6.65. The molecule has 1 heterocycles. The second-order valence-electron chi connectivity index (χ2n) is 6.04. The molecule has 1 rings (SSSR count). The van der Waals surface area contributed by atoms with Crippen LogP contribution in [-0.4, -0.2) is 54.4 Å². The van der Waals surface area contributed by atoms with Crippen LogP contribution in [0.25, 0.3) is 0 Å². The van der Waals surface area contributed by atoms with E-state index in [4.69, 9.17) is 9.84 Å². The van der Waals surface area contributed by atoms with Crippen molar-refractivity contribution in [1.82, 2.24) is 10.2 Å². The summed E-state index contributed by atoms with van der Waals surface area (Å²) >= 11 is 0. The molecule has 1 aliphatic heterocycles. The van der Waals surface area contributed by atoms with Gasteiger partial charge in [0.05, 0.1) is 13.2 Å². The van der Waals surface area contributed by atoms with Gasteiger partial charge in [-0.3, -0.25) is 0 Å². The first-order valence-corrected chi connectivity index (χ1v) is 6.65. The predicted molar refractivity (Wildman–Crippen MR) is 71.0 cm³/mol. The van der Waals surface area contributed by atoms with Gasteiger partial charge in [-0.1, -0.05) is 20.8 Å². The van der Waals surface area contributed by atoms with E-state index in [1.54, 1.807) is 4.90 Å². The minimum absolute atomic E-state index is 0.0530. The van der Waals surface area contributed by atoms with Gasteiger partial charge in [-0.15, -0.1) is 0 Å². The summed E-state index contributed by atoms with van der Waals surface area (Å²) in [6.45, 7) is 8.19. The molecule has 6 nitrogen and oxygen atoms in total. The number of rotatable bonds is 4. The molecular formula is C13H24N2O4. The Hall–Kier alpha value is -1.30. The number of carboxylic acids is 1. The number of carbonyl (C=O) groups is 2. The molecule has 0 spiro atoms. The zero-order chi connectivity index (χ0) is 14.5. The SMILES string of the molecule is CC(C)(C)CC[C@H](NC(=O)N1CCOCC1)C(=O)O. The van der Waals surface area contributed by atoms with Gasteiger partial charge < -0.3 is 20.1 Å². The first kappa shape index (κ1) is 15.8. The minimum atomic E-state index is -0.981. The smallest absolute Gasteiger partial charge is 0.326 e. The summed E-state index contributed by atoms with van der Waals surface area (Å²) in [4.78, 5) is 24.7. The average Bonchev–Trinajstić information content (AvgIpc) is 2.33. The van der Waals surface area contributed by atoms with Crippen molar-refractivity contribution in [2.75, 3.05) is 26.3 Å². The number of urea groups is 1. The number of nitrogens with one attached hydrogen (secondary N) is 1. The standard InChI is InChI=1S/C13H24N2O4/c1-13(2,3)5-4-10(11(16)17)14-12(18)15-6-8-19-9-7-15/h10H,4-9H2,1-3H3,(H,14,18)(H,16,17)/t10-/m0/s1. The van der Waals surface area contributed by atoms with Crippen molar-refractivity contribution < 1.29 is 19.4 Å². The average molecular weight is 272 g/mol. The van der Waals surface area contributed by atoms with Crippen LogP contribution >= 0.6 is 0 Å². The molecule has 1 fully saturated rings. The van der Waals surface area contributed by atoms with E-state index >= 15 is 0 Å². The lowest BCUT2D eigenvalue weighted by Gasteiger charge is -2.29. The lowest BCUT2D eigenvalue weighted by Crippen LogP contribution is -2.51. The number of carboxylic acid groups (broad SMARTS) is 1. The largest absolute Gasteiger partial charge is 0.480 e. The summed E-state index contributed by atoms with van der Waals surface area (Å²) in [5, 5.41) is 11.8. The van der Waals surface area contributed by atoms with E-state index in [0.29, 0.717) is 32.7 Å². The monoisotopic (exact) mass is 272 g/mol. The van der Waals surface area contributed by atoms with Gasteiger partial charge in [0.25, 0.3) is 0 Å². The van der Waals surface area contributed by atoms with Gasteiger partial charge >= 0.3 is 12.0 Å². The summed E-state index contributed by atoms with van der Waals surface area (Å²) in [6.07, 6.45) is 1.18. The van der Waals surface area contributed by atoms with Gasteiger partial charge in [0.1, 0.15) is 6.04 Å². The van der Waals surface area contributed by atoms with E-state index in [1.165, 1.54) is 0 Å². The Bertz CT molecular complexity index is 319. The molecule has 0 radical (unpaired) electrons. The highest BCUT2D eigenvalue weighted by Crippen LogP contribution is 2.21. The number of nitrogens with zero attached hydrogens (tertiary/aromatic N) is 1. The number of carbonyl (C=O) groups excluding carboxylic acids is 1. The van der Waals surface area contributed by atoms with Crippen LogP contribution in [0.3, 0.4) is 0 Å². The van der Waals surface area contributed by atoms with E-state index in [-0.39, 0.29) is 11.4 Å². The molecular weight excluding hydrogens is 248 g/mol. The number of hydrogen-bond donors (Lipinski definition) is 2. The molecule has 110 valence electrons. The second kappa shape index (κ2) is 6.75. The molecule has 0 aromatic carbocycles. The lowest BCUT2D eigenvalue weighted by molar-refractivity contribution is -0.139. The molecule has 1 aliphatic rings. The topological polar surface area (TPSA) is 78.9 Å². The minimum Gasteiger partial charge on any atom is -0.480 e. The molecule has 0 aromatic heterocycles. The highest BCUT2D eigenvalue weighted by atomic mass is 16.5. The Morgan fingerprint density at radius 3 is 2.37 bits per heavy atom. The van der Waals surface area contributed by atoms with E-state index in [2.05, 4.69) is 26.1 Å². The molecule has 1 atom stereocenters. The van der Waals surface area contributed by atoms with Crippen molar-refractivity contribution in [3.05, 3.63) is 0 Å². The zero-order valence-corrected chi connectivity index (χ0v) is 11.9. The molecule has 2 N–H and O–H groups in total. The van der Waals surface area contributed by atoms with Gasteiger partial charge in [-0.25, -0.2) is 9.59 Å². The van der Waals surface area contributed by atoms with Crippen LogP contribution in [-0.2, 0) is 9.53 Å². The van der Waals surface area contributed by atoms with Crippen molar-refractivity contribution in [1.29, 1.82) is 0 Å². The molecule has 0 aromatic rings. The number of amides is 2. The first-order chi connectivity index (χ1) is 8.79. The Morgan fingerprint density at radius 2 is 1.89 bits per heavy atom. The molecule has 6 heteroatoms. The van der Waals surface area contributed by atoms with Crippen molar-refractivity contribution >= 4 is 12.0 Å². The van der Waals surface area contributed by atoms with Crippen LogP contribution in [0.15, 0.2) is 0 Å². The van der Waals surface area contributed by atoms with Crippen LogP contribution in [0.4, 0.5) is 4.79 Å². The van der Waals surface area contributed by atoms with E-state index in [9.17, 15) is 9.59 Å². The van der Waals surface area contributed by atoms with Gasteiger partial charge in [0, 0.05) is 13.1 Å². The summed E-state index contributed by atoms with van der Waals surface area (Å²) in [5.41, 5.74) is 0.0530. The Balaban J connectivity index is 2.48. The Morgan fingerprint density at radius 1 is 1.32 bits per heavy atom. The zero-order valence-electron chi connectivity index (χ0n) is 11.9. The summed E-state index contributed by atoms with van der Waals surface area (Å²) in [5.74, 6) is -0.981. The fourth-order valence-corrected chi connectivity index (χ4v) is 1.84. The maximum atomic E-state index is 11.9. The van der Waals surface area contributed by atoms with Crippen molar-refractivity contribution in [3.8, 4) is 0 Å². The number of aliphatic carboxylic acids is 1. The molecule has 0 saturated carbocycles. The van der Waals surface area contributed by atoms with Crippen molar-refractivity contribution in [3.63, 3.8) is 0 Å². The third kappa shape index (κ3) is 5.92. The highest BCUT2D eigenvalue weighted by Gasteiger charge is 2.25. The summed E-state index contributed by atoms with van der Waals surface area (Å²) in [7, 11) is 0. The summed E-state index contributed by atoms with van der Waals surface area (Å²) < 4.78 is 5.16. The Labute approximate surface area is 114 Å². The highest BCUT2D eigenvalue weighted by molar-refractivity contribution is 5.82. The third-order valence-electron chi connectivity index (χ3n) is 3.08. The van der Waals surface area contributed by atoms with E-state index in [0.717, 1.165) is 6.42 Å². The van der Waals surface area contributed by atoms with Crippen LogP contribution in [0.5, 0.6) is 0 Å². The molecule has 2 amide bonds. The van der Waals surface area contributed by atoms with Gasteiger partial charge in [-0.05, 0) is 18.3 Å². The van der Waals surface area contributed by atoms with E-state index in [1.807, 2.05) is 0 Å². The van der Waals surface area contributed by atoms with Crippen LogP contribution in [0, 0.1) is 5.41 Å². The molecule has 0 aliphatic carbocycles. The van der Waals surface area contributed by atoms with E-state index < -0.39 is 12.0 Å². The van der Waals surface area contributed by atoms with Gasteiger partial charge in [0.15, 0.2) is 0 Å². The Kier molecular flexibility index (Phi) is 5.60. The molecule has 1 saturated heterocycles. The van der Waals surface area contributed by atoms with Crippen molar-refractivity contribution in [2.24, 2.45) is 5.41 Å². The molecule has 19 heavy (non-hydrogen) atoms. The number of hydrogen-bond acceptors (Lipinski definition) is 3. The third-order valence-corrected chi connectivity index (χ3v) is 3.08. The van der Waals surface area contributed by atoms with Crippen LogP contribution in [0.1, 0.15) is 33.6 Å². The summed E-state index contributed by atoms with van der Waals surface area (Å²) in [6, 6.07) is -1.14. The number of ether oxygens (including phenoxy) is 1. The second-order valence-corrected chi connectivity index (χ2v) is 6.04. The van der Waals surface area contributed by atoms with Gasteiger partial charge in [0.2, 0.25) is 0 Å². The maximum absolute atomic E-state index is 11.9. The van der Waals surface area contributed by atoms with Gasteiger partial charge in [-0.2, -0.15) is 0 Å². The van der Waals surface area contributed by atoms with Crippen LogP contribution < -0.4 is 5.32 Å². The molecule has 0 bridgehead atoms. The molecule has 0 unspecified atom stereocenters. The fourth-order valence-electron chi connectivity index (χ4n) is 1.84. The quantitative estimate of drug-likeness (QED) is 0.808. The maximum Gasteiger partial charge on any atom is 0.326 e. The van der Waals surface area contributed by atoms with Crippen LogP contribution in [0.2, 0.25) is 0 Å². The normalized spacial score (nSPS) is 17.9. The number of morpholine rings is 1. The predicted octanol–water partition coefficient (Wildman–Crippen LogP) is 1.31. The fraction of sp³-hybridized carbons (Fsp3) is 0.846. The van der Waals surface area contributed by atoms with Crippen molar-refractivity contribution in [2.45, 2.75) is 39.7 Å². The lowest BCUT2D eigenvalue weighted by atomic mass is 9.89.